The van der Waals surface area contributed by atoms with Crippen LogP contribution in [0.25, 0.3) is 0 Å². The number of anilines is 1. The second-order valence-electron chi connectivity index (χ2n) is 5.88. The molecule has 2 aromatic carbocycles. The van der Waals surface area contributed by atoms with Crippen LogP contribution in [0.1, 0.15) is 23.4 Å². The number of carbonyl (C=O) groups is 1. The van der Waals surface area contributed by atoms with Crippen molar-refractivity contribution in [2.45, 2.75) is 19.0 Å². The van der Waals surface area contributed by atoms with Crippen molar-refractivity contribution in [1.29, 1.82) is 0 Å². The van der Waals surface area contributed by atoms with E-state index in [1.54, 1.807) is 23.5 Å². The smallest absolute Gasteiger partial charge is 0.282 e. The SMILES string of the molecule is C[C@@H]([NH2+][C@@H](c1ccccc1)c1cccs1)C(=O)Nc1cccc(Cl)c1. The van der Waals surface area contributed by atoms with Gasteiger partial charge < -0.3 is 10.6 Å². The maximum Gasteiger partial charge on any atom is 0.282 e. The van der Waals surface area contributed by atoms with Gasteiger partial charge in [-0.2, -0.15) is 0 Å². The van der Waals surface area contributed by atoms with Crippen LogP contribution in [0.4, 0.5) is 5.69 Å². The van der Waals surface area contributed by atoms with Gasteiger partial charge in [0.2, 0.25) is 0 Å². The molecule has 0 radical (unpaired) electrons. The van der Waals surface area contributed by atoms with Crippen LogP contribution in [0.15, 0.2) is 72.1 Å². The van der Waals surface area contributed by atoms with Crippen molar-refractivity contribution in [1.82, 2.24) is 0 Å². The number of hydrogen-bond donors (Lipinski definition) is 2. The Morgan fingerprint density at radius 3 is 2.56 bits per heavy atom. The van der Waals surface area contributed by atoms with Crippen LogP contribution in [0.2, 0.25) is 5.02 Å². The summed E-state index contributed by atoms with van der Waals surface area (Å²) in [5.41, 5.74) is 1.90. The van der Waals surface area contributed by atoms with Gasteiger partial charge in [-0.1, -0.05) is 54.1 Å². The predicted molar refractivity (Wildman–Crippen MR) is 104 cm³/mol. The molecule has 1 aromatic heterocycles. The van der Waals surface area contributed by atoms with Crippen molar-refractivity contribution in [3.05, 3.63) is 87.6 Å². The molecule has 0 fully saturated rings. The number of carbonyl (C=O) groups excluding carboxylic acids is 1. The second kappa shape index (κ2) is 8.30. The maximum atomic E-state index is 12.6. The highest BCUT2D eigenvalue weighted by molar-refractivity contribution is 7.10. The molecule has 5 heteroatoms. The first kappa shape index (κ1) is 17.7. The van der Waals surface area contributed by atoms with Crippen LogP contribution in [0.3, 0.4) is 0 Å². The van der Waals surface area contributed by atoms with Gasteiger partial charge in [0.05, 0.1) is 4.88 Å². The van der Waals surface area contributed by atoms with Gasteiger partial charge in [-0.3, -0.25) is 4.79 Å². The van der Waals surface area contributed by atoms with Crippen LogP contribution in [0, 0.1) is 0 Å². The normalized spacial score (nSPS) is 13.2. The number of thiophene rings is 1. The van der Waals surface area contributed by atoms with Gasteiger partial charge in [-0.05, 0) is 36.6 Å². The van der Waals surface area contributed by atoms with Crippen molar-refractivity contribution < 1.29 is 10.1 Å². The molecular weight excluding hydrogens is 352 g/mol. The van der Waals surface area contributed by atoms with E-state index >= 15 is 0 Å². The third-order valence-corrected chi connectivity index (χ3v) is 5.19. The molecule has 0 spiro atoms. The summed E-state index contributed by atoms with van der Waals surface area (Å²) >= 11 is 7.69. The van der Waals surface area contributed by atoms with Crippen LogP contribution in [-0.4, -0.2) is 11.9 Å². The molecule has 0 unspecified atom stereocenters. The van der Waals surface area contributed by atoms with Crippen LogP contribution in [-0.2, 0) is 4.79 Å². The van der Waals surface area contributed by atoms with Gasteiger partial charge in [0.15, 0.2) is 6.04 Å². The van der Waals surface area contributed by atoms with E-state index in [1.807, 2.05) is 43.3 Å². The number of benzene rings is 2. The highest BCUT2D eigenvalue weighted by atomic mass is 35.5. The zero-order chi connectivity index (χ0) is 17.6. The maximum absolute atomic E-state index is 12.6. The fourth-order valence-corrected chi connectivity index (χ4v) is 3.72. The molecule has 0 aliphatic rings. The molecule has 0 aliphatic heterocycles. The molecule has 3 rings (SSSR count). The quantitative estimate of drug-likeness (QED) is 0.673. The summed E-state index contributed by atoms with van der Waals surface area (Å²) in [4.78, 5) is 13.8. The van der Waals surface area contributed by atoms with Crippen LogP contribution >= 0.6 is 22.9 Å². The average Bonchev–Trinajstić information content (AvgIpc) is 3.14. The minimum atomic E-state index is -0.244. The number of rotatable bonds is 6. The van der Waals surface area contributed by atoms with E-state index in [9.17, 15) is 4.79 Å². The van der Waals surface area contributed by atoms with Crippen molar-refractivity contribution in [3.8, 4) is 0 Å². The highest BCUT2D eigenvalue weighted by Crippen LogP contribution is 2.22. The monoisotopic (exact) mass is 371 g/mol. The molecule has 128 valence electrons. The van der Waals surface area contributed by atoms with E-state index < -0.39 is 0 Å². The lowest BCUT2D eigenvalue weighted by atomic mass is 10.0. The van der Waals surface area contributed by atoms with Gasteiger partial charge >= 0.3 is 0 Å². The van der Waals surface area contributed by atoms with Gasteiger partial charge in [-0.25, -0.2) is 0 Å². The lowest BCUT2D eigenvalue weighted by molar-refractivity contribution is -0.703. The first-order valence-corrected chi connectivity index (χ1v) is 9.39. The molecule has 0 bridgehead atoms. The molecule has 3 aromatic rings. The third-order valence-electron chi connectivity index (χ3n) is 4.00. The molecule has 1 heterocycles. The van der Waals surface area contributed by atoms with Crippen LogP contribution in [0.5, 0.6) is 0 Å². The Hall–Kier alpha value is -2.14. The lowest BCUT2D eigenvalue weighted by Gasteiger charge is -2.19. The molecule has 1 amide bonds. The number of nitrogens with two attached hydrogens (primary N) is 1. The third kappa shape index (κ3) is 4.69. The molecule has 0 aliphatic carbocycles. The van der Waals surface area contributed by atoms with E-state index in [0.29, 0.717) is 10.7 Å². The minimum Gasteiger partial charge on any atom is -0.326 e. The number of amides is 1. The largest absolute Gasteiger partial charge is 0.326 e. The van der Waals surface area contributed by atoms with E-state index in [2.05, 4.69) is 34.2 Å². The molecule has 0 saturated carbocycles. The molecule has 2 atom stereocenters. The molecule has 3 N–H and O–H groups in total. The number of quaternary nitrogens is 1. The second-order valence-corrected chi connectivity index (χ2v) is 7.30. The lowest BCUT2D eigenvalue weighted by Crippen LogP contribution is -2.92. The zero-order valence-corrected chi connectivity index (χ0v) is 15.4. The van der Waals surface area contributed by atoms with Crippen molar-refractivity contribution in [2.75, 3.05) is 5.32 Å². The van der Waals surface area contributed by atoms with Crippen molar-refractivity contribution in [3.63, 3.8) is 0 Å². The van der Waals surface area contributed by atoms with Crippen molar-refractivity contribution >= 4 is 34.5 Å². The first-order chi connectivity index (χ1) is 12.1. The summed E-state index contributed by atoms with van der Waals surface area (Å²) in [6.07, 6.45) is 0. The minimum absolute atomic E-state index is 0.0419. The zero-order valence-electron chi connectivity index (χ0n) is 13.9. The number of halogens is 1. The Balaban J connectivity index is 1.74. The Kier molecular flexibility index (Phi) is 5.87. The van der Waals surface area contributed by atoms with E-state index in [-0.39, 0.29) is 18.0 Å². The van der Waals surface area contributed by atoms with Gasteiger partial charge in [-0.15, -0.1) is 11.3 Å². The topological polar surface area (TPSA) is 45.7 Å². The van der Waals surface area contributed by atoms with Gasteiger partial charge in [0.1, 0.15) is 6.04 Å². The Bertz CT molecular complexity index is 821. The van der Waals surface area contributed by atoms with E-state index in [0.717, 1.165) is 0 Å². The molecular formula is C20H20ClN2OS+. The summed E-state index contributed by atoms with van der Waals surface area (Å²) in [5.74, 6) is -0.0419. The van der Waals surface area contributed by atoms with E-state index in [1.165, 1.54) is 10.4 Å². The van der Waals surface area contributed by atoms with Crippen LogP contribution < -0.4 is 10.6 Å². The molecule has 25 heavy (non-hydrogen) atoms. The fourth-order valence-electron chi connectivity index (χ4n) is 2.70. The van der Waals surface area contributed by atoms with Gasteiger partial charge in [0, 0.05) is 16.3 Å². The summed E-state index contributed by atoms with van der Waals surface area (Å²) in [6, 6.07) is 21.5. The predicted octanol–water partition coefficient (Wildman–Crippen LogP) is 4.08. The van der Waals surface area contributed by atoms with Crippen molar-refractivity contribution in [2.24, 2.45) is 0 Å². The number of nitrogens with one attached hydrogen (secondary N) is 1. The number of hydrogen-bond acceptors (Lipinski definition) is 2. The summed E-state index contributed by atoms with van der Waals surface area (Å²) < 4.78 is 0. The first-order valence-electron chi connectivity index (χ1n) is 8.13. The van der Waals surface area contributed by atoms with E-state index in [4.69, 9.17) is 11.6 Å². The Labute approximate surface area is 156 Å². The summed E-state index contributed by atoms with van der Waals surface area (Å²) in [6.45, 7) is 1.92. The molecule has 0 saturated heterocycles. The Morgan fingerprint density at radius 1 is 1.08 bits per heavy atom. The Morgan fingerprint density at radius 2 is 1.88 bits per heavy atom. The fraction of sp³-hybridized carbons (Fsp3) is 0.150. The standard InChI is InChI=1S/C20H19ClN2OS/c1-14(20(24)23-17-10-5-9-16(21)13-17)22-19(18-11-6-12-25-18)15-7-3-2-4-8-15/h2-14,19,22H,1H3,(H,23,24)/p+1/t14-,19+/m1/s1. The summed E-state index contributed by atoms with van der Waals surface area (Å²) in [5, 5.41) is 7.70. The highest BCUT2D eigenvalue weighted by Gasteiger charge is 2.25. The molecule has 3 nitrogen and oxygen atoms in total. The average molecular weight is 372 g/mol. The van der Waals surface area contributed by atoms with Gasteiger partial charge in [0.25, 0.3) is 5.91 Å². The summed E-state index contributed by atoms with van der Waals surface area (Å²) in [7, 11) is 0.